The summed E-state index contributed by atoms with van der Waals surface area (Å²) < 4.78 is 0. The molecule has 7 amide bonds. The molecule has 0 bridgehead atoms. The molecule has 1 aromatic heterocycles. The zero-order valence-electron chi connectivity index (χ0n) is 53.6. The van der Waals surface area contributed by atoms with Crippen LogP contribution >= 0.6 is 21.6 Å². The van der Waals surface area contributed by atoms with Crippen molar-refractivity contribution in [2.24, 2.45) is 17.4 Å². The molecule has 8 rings (SSSR count). The number of aryl methyl sites for hydroxylation is 2. The number of aliphatic hydroxyl groups is 3. The number of aromatic nitrogens is 1. The first-order valence-electron chi connectivity index (χ1n) is 31.7. The molecule has 0 radical (unpaired) electrons. The molecule has 0 aliphatic carbocycles. The molecular formula is C69H92N12O10S2. The Bertz CT molecular complexity index is 3350. The molecule has 11 atom stereocenters. The minimum atomic E-state index is -1.66. The number of carbonyl (C=O) groups is 7. The number of nitrogens with one attached hydrogen (secondary N) is 8. The van der Waals surface area contributed by atoms with Crippen LogP contribution in [-0.2, 0) is 65.7 Å². The van der Waals surface area contributed by atoms with Gasteiger partial charge in [0, 0.05) is 65.9 Å². The number of nitrogens with two attached hydrogens (primary N) is 2. The van der Waals surface area contributed by atoms with Gasteiger partial charge >= 0.3 is 0 Å². The largest absolute Gasteiger partial charge is 0.394 e. The second-order valence-corrected chi connectivity index (χ2v) is 26.8. The van der Waals surface area contributed by atoms with Crippen LogP contribution in [0.15, 0.2) is 140 Å². The number of nitrogens with zero attached hydrogens (tertiary/aromatic N) is 2. The quantitative estimate of drug-likeness (QED) is 0.0363. The average molecular weight is 1310 g/mol. The number of H-pyrrole nitrogens is 1. The Morgan fingerprint density at radius 3 is 1.84 bits per heavy atom. The Hall–Kier alpha value is -7.81. The van der Waals surface area contributed by atoms with E-state index in [0.717, 1.165) is 64.0 Å². The lowest BCUT2D eigenvalue weighted by atomic mass is 10.0. The number of rotatable bonds is 21. The molecule has 0 saturated carbocycles. The lowest BCUT2D eigenvalue weighted by Crippen LogP contribution is -2.62. The third-order valence-electron chi connectivity index (χ3n) is 16.3. The van der Waals surface area contributed by atoms with Crippen molar-refractivity contribution in [3.05, 3.63) is 167 Å². The molecule has 1 saturated heterocycles. The number of hydrogen-bond donors (Lipinski definition) is 13. The second-order valence-electron chi connectivity index (χ2n) is 24.2. The molecule has 5 aromatic carbocycles. The van der Waals surface area contributed by atoms with Gasteiger partial charge in [0.25, 0.3) is 0 Å². The molecule has 0 spiro atoms. The van der Waals surface area contributed by atoms with E-state index in [1.807, 2.05) is 30.3 Å². The van der Waals surface area contributed by atoms with Crippen molar-refractivity contribution >= 4 is 85.2 Å². The van der Waals surface area contributed by atoms with Crippen LogP contribution in [0.3, 0.4) is 0 Å². The summed E-state index contributed by atoms with van der Waals surface area (Å²) in [6, 6.07) is 32.4. The minimum Gasteiger partial charge on any atom is -0.394 e. The molecule has 1 fully saturated rings. The Labute approximate surface area is 552 Å². The SMILES string of the molecule is CC(CN(C)C)CN1c2ccccc2CCc2ccccc21.CC(O)[C@@H]1NC(=O)[C@H](CCCCN)NC(=O)[C@@H](Cc2c[nH]c3ccccc23)NC(=O)[C@H](Cc2ccccc2)NC(=O)[C@@H](NC(=O)[C@H](N)Cc2ccccc2)CSSC[C@@H](C(=O)N[C@H](CO)[C@@H](C)O)NC1=O. The van der Waals surface area contributed by atoms with Gasteiger partial charge in [0.2, 0.25) is 41.4 Å². The summed E-state index contributed by atoms with van der Waals surface area (Å²) in [5, 5.41) is 50.5. The molecule has 2 aliphatic heterocycles. The monoisotopic (exact) mass is 1310 g/mol. The standard InChI is InChI=1S/C49H66N10O10S2.C20H26N2/c1-28(61)39(25-60)56-48(68)41-27-71-70-26-40(57-43(63)34(51)21-30-13-5-3-6-14-30)47(67)54-37(22-31-15-7-4-8-16-31)45(65)55-38(23-32-24-52-35-18-10-9-17-33(32)35)46(66)53-36(19-11-12-20-50)44(64)59-42(29(2)62)49(69)58-41;1-16(14-21(2)3)15-22-19-10-6-4-8-17(19)12-13-18-9-5-7-11-20(18)22/h3-10,13-18,24,28-29,34,36-42,52,60-62H,11-12,19-23,25-27,50-51H2,1-2H3,(H,53,66)(H,54,67)(H,55,65)(H,56,68)(H,57,63)(H,58,69)(H,59,64);4-11,16H,12-15H2,1-3H3/t28-,29?,34-,36+,37+,38-,39-,40+,41+,42+;/m1./s1. The fraction of sp³-hybridized carbons (Fsp3) is 0.435. The molecule has 15 N–H and O–H groups in total. The number of fused-ring (bicyclic) bond motifs is 3. The molecular weight excluding hydrogens is 1220 g/mol. The molecule has 500 valence electrons. The first kappa shape index (κ1) is 72.6. The second kappa shape index (κ2) is 36.6. The molecule has 2 aliphatic rings. The first-order chi connectivity index (χ1) is 44.7. The van der Waals surface area contributed by atoms with Crippen LogP contribution in [0, 0.1) is 5.92 Å². The predicted octanol–water partition coefficient (Wildman–Crippen LogP) is 3.32. The van der Waals surface area contributed by atoms with Gasteiger partial charge in [-0.2, -0.15) is 0 Å². The number of benzene rings is 5. The van der Waals surface area contributed by atoms with Gasteiger partial charge in [-0.25, -0.2) is 0 Å². The van der Waals surface area contributed by atoms with Crippen molar-refractivity contribution in [3.63, 3.8) is 0 Å². The smallest absolute Gasteiger partial charge is 0.245 e. The number of unbranched alkanes of at least 4 members (excludes halogenated alkanes) is 1. The normalized spacial score (nSPS) is 21.0. The average Bonchev–Trinajstić information content (AvgIpc) is 1.74. The van der Waals surface area contributed by atoms with Crippen LogP contribution in [-0.4, -0.2) is 179 Å². The number of para-hydroxylation sites is 3. The van der Waals surface area contributed by atoms with Crippen LogP contribution in [0.25, 0.3) is 10.9 Å². The zero-order chi connectivity index (χ0) is 67.0. The van der Waals surface area contributed by atoms with Gasteiger partial charge in [-0.05, 0) is 125 Å². The van der Waals surface area contributed by atoms with E-state index in [0.29, 0.717) is 29.9 Å². The molecule has 22 nitrogen and oxygen atoms in total. The summed E-state index contributed by atoms with van der Waals surface area (Å²) in [5.41, 5.74) is 20.7. The van der Waals surface area contributed by atoms with E-state index in [2.05, 4.69) is 122 Å². The number of aliphatic hydroxyl groups excluding tert-OH is 3. The van der Waals surface area contributed by atoms with Gasteiger partial charge in [-0.15, -0.1) is 0 Å². The molecule has 2 unspecified atom stereocenters. The number of hydrogen-bond acceptors (Lipinski definition) is 16. The lowest BCUT2D eigenvalue weighted by molar-refractivity contribution is -0.136. The predicted molar refractivity (Wildman–Crippen MR) is 367 cm³/mol. The Morgan fingerprint density at radius 1 is 0.667 bits per heavy atom. The first-order valence-corrected chi connectivity index (χ1v) is 34.2. The van der Waals surface area contributed by atoms with Crippen molar-refractivity contribution in [1.82, 2.24) is 47.1 Å². The van der Waals surface area contributed by atoms with Gasteiger partial charge in [-0.1, -0.05) is 144 Å². The molecule has 24 heteroatoms. The number of amides is 7. The zero-order valence-corrected chi connectivity index (χ0v) is 55.2. The van der Waals surface area contributed by atoms with Crippen LogP contribution in [0.1, 0.15) is 67.9 Å². The van der Waals surface area contributed by atoms with Crippen LogP contribution < -0.4 is 53.6 Å². The Kier molecular flexibility index (Phi) is 28.6. The van der Waals surface area contributed by atoms with E-state index in [1.165, 1.54) is 36.3 Å². The highest BCUT2D eigenvalue weighted by atomic mass is 33.1. The van der Waals surface area contributed by atoms with Gasteiger partial charge in [-0.3, -0.25) is 33.6 Å². The summed E-state index contributed by atoms with van der Waals surface area (Å²) in [6.07, 6.45) is 2.11. The van der Waals surface area contributed by atoms with Crippen molar-refractivity contribution in [1.29, 1.82) is 0 Å². The van der Waals surface area contributed by atoms with Crippen LogP contribution in [0.4, 0.5) is 11.4 Å². The van der Waals surface area contributed by atoms with Crippen LogP contribution in [0.5, 0.6) is 0 Å². The molecule has 3 heterocycles. The van der Waals surface area contributed by atoms with Gasteiger partial charge < -0.3 is 78.8 Å². The fourth-order valence-electron chi connectivity index (χ4n) is 11.3. The van der Waals surface area contributed by atoms with E-state index < -0.39 is 108 Å². The van der Waals surface area contributed by atoms with Crippen molar-refractivity contribution < 1.29 is 48.9 Å². The Balaban J connectivity index is 0.000000464. The lowest BCUT2D eigenvalue weighted by Gasteiger charge is -2.30. The van der Waals surface area contributed by atoms with Crippen molar-refractivity contribution in [2.45, 2.75) is 133 Å². The number of aromatic amines is 1. The molecule has 6 aromatic rings. The van der Waals surface area contributed by atoms with E-state index >= 15 is 0 Å². The maximum absolute atomic E-state index is 14.7. The van der Waals surface area contributed by atoms with Crippen LogP contribution in [0.2, 0.25) is 0 Å². The summed E-state index contributed by atoms with van der Waals surface area (Å²) in [6.45, 7) is 6.74. The summed E-state index contributed by atoms with van der Waals surface area (Å²) in [7, 11) is 6.37. The van der Waals surface area contributed by atoms with Gasteiger partial charge in [0.15, 0.2) is 0 Å². The third kappa shape index (κ3) is 21.9. The van der Waals surface area contributed by atoms with E-state index in [4.69, 9.17) is 11.5 Å². The summed E-state index contributed by atoms with van der Waals surface area (Å²) in [4.78, 5) is 108. The minimum absolute atomic E-state index is 0.0340. The highest BCUT2D eigenvalue weighted by Crippen LogP contribution is 2.36. The molecule has 93 heavy (non-hydrogen) atoms. The number of anilines is 2. The van der Waals surface area contributed by atoms with Gasteiger partial charge in [0.05, 0.1) is 30.9 Å². The summed E-state index contributed by atoms with van der Waals surface area (Å²) in [5.74, 6) is -5.39. The highest BCUT2D eigenvalue weighted by Gasteiger charge is 2.37. The van der Waals surface area contributed by atoms with Crippen molar-refractivity contribution in [3.8, 4) is 0 Å². The maximum atomic E-state index is 14.7. The third-order valence-corrected chi connectivity index (χ3v) is 18.7. The maximum Gasteiger partial charge on any atom is 0.245 e. The highest BCUT2D eigenvalue weighted by molar-refractivity contribution is 8.76. The fourth-order valence-corrected chi connectivity index (χ4v) is 13.6. The van der Waals surface area contributed by atoms with Gasteiger partial charge in [0.1, 0.15) is 36.3 Å². The van der Waals surface area contributed by atoms with E-state index in [-0.39, 0.29) is 43.7 Å². The Morgan fingerprint density at radius 2 is 1.23 bits per heavy atom. The summed E-state index contributed by atoms with van der Waals surface area (Å²) >= 11 is 0. The topological polar surface area (TPSA) is 339 Å². The van der Waals surface area contributed by atoms with Crippen molar-refractivity contribution in [2.75, 3.05) is 56.7 Å². The number of carbonyl (C=O) groups excluding carboxylic acids is 7. The van der Waals surface area contributed by atoms with E-state index in [9.17, 15) is 48.9 Å². The van der Waals surface area contributed by atoms with E-state index in [1.54, 1.807) is 60.8 Å².